The van der Waals surface area contributed by atoms with Gasteiger partial charge in [0.15, 0.2) is 0 Å². The molecule has 2 aromatic rings. The Hall–Kier alpha value is -2.20. The minimum absolute atomic E-state index is 0.0564. The van der Waals surface area contributed by atoms with Gasteiger partial charge in [0.25, 0.3) is 0 Å². The molecule has 0 aliphatic carbocycles. The SMILES string of the molecule is O=C(/C=C/c1c(F)cccc1Cl)NCc1ccccc1F. The Balaban J connectivity index is 1.99. The average Bonchev–Trinajstić information content (AvgIpc) is 2.46. The molecule has 0 spiro atoms. The van der Waals surface area contributed by atoms with Crippen LogP contribution in [0.3, 0.4) is 0 Å². The second-order valence-electron chi connectivity index (χ2n) is 4.28. The van der Waals surface area contributed by atoms with Crippen molar-refractivity contribution < 1.29 is 13.6 Å². The van der Waals surface area contributed by atoms with Gasteiger partial charge in [0.05, 0.1) is 5.02 Å². The first-order chi connectivity index (χ1) is 10.1. The molecule has 21 heavy (non-hydrogen) atoms. The van der Waals surface area contributed by atoms with E-state index in [0.717, 1.165) is 6.08 Å². The third kappa shape index (κ3) is 4.13. The van der Waals surface area contributed by atoms with E-state index in [-0.39, 0.29) is 22.9 Å². The molecule has 0 aromatic heterocycles. The summed E-state index contributed by atoms with van der Waals surface area (Å²) in [7, 11) is 0. The van der Waals surface area contributed by atoms with Crippen molar-refractivity contribution >= 4 is 23.6 Å². The van der Waals surface area contributed by atoms with Crippen LogP contribution in [0.4, 0.5) is 8.78 Å². The van der Waals surface area contributed by atoms with Gasteiger partial charge < -0.3 is 5.32 Å². The van der Waals surface area contributed by atoms with Crippen molar-refractivity contribution in [2.45, 2.75) is 6.54 Å². The van der Waals surface area contributed by atoms with Gasteiger partial charge in [-0.1, -0.05) is 35.9 Å². The number of carbonyl (C=O) groups is 1. The molecule has 0 unspecified atom stereocenters. The van der Waals surface area contributed by atoms with Gasteiger partial charge in [-0.2, -0.15) is 0 Å². The fourth-order valence-corrected chi connectivity index (χ4v) is 1.94. The van der Waals surface area contributed by atoms with E-state index in [1.165, 1.54) is 30.3 Å². The fraction of sp³-hybridized carbons (Fsp3) is 0.0625. The molecule has 0 radical (unpaired) electrons. The van der Waals surface area contributed by atoms with E-state index >= 15 is 0 Å². The molecule has 0 saturated heterocycles. The highest BCUT2D eigenvalue weighted by atomic mass is 35.5. The Labute approximate surface area is 126 Å². The van der Waals surface area contributed by atoms with E-state index in [4.69, 9.17) is 11.6 Å². The van der Waals surface area contributed by atoms with Crippen molar-refractivity contribution in [3.63, 3.8) is 0 Å². The van der Waals surface area contributed by atoms with Crippen molar-refractivity contribution in [3.05, 3.63) is 76.3 Å². The lowest BCUT2D eigenvalue weighted by atomic mass is 10.2. The van der Waals surface area contributed by atoms with Gasteiger partial charge in [-0.25, -0.2) is 8.78 Å². The van der Waals surface area contributed by atoms with Crippen molar-refractivity contribution in [1.82, 2.24) is 5.32 Å². The van der Waals surface area contributed by atoms with Crippen molar-refractivity contribution in [1.29, 1.82) is 0 Å². The zero-order valence-corrected chi connectivity index (χ0v) is 11.7. The van der Waals surface area contributed by atoms with Crippen LogP contribution < -0.4 is 5.32 Å². The predicted molar refractivity (Wildman–Crippen MR) is 78.7 cm³/mol. The minimum Gasteiger partial charge on any atom is -0.348 e. The van der Waals surface area contributed by atoms with Crippen molar-refractivity contribution in [2.75, 3.05) is 0 Å². The summed E-state index contributed by atoms with van der Waals surface area (Å²) < 4.78 is 26.8. The maximum absolute atomic E-state index is 13.5. The van der Waals surface area contributed by atoms with Crippen LogP contribution in [0, 0.1) is 11.6 Å². The van der Waals surface area contributed by atoms with Crippen LogP contribution >= 0.6 is 11.6 Å². The van der Waals surface area contributed by atoms with Gasteiger partial charge in [-0.15, -0.1) is 0 Å². The molecule has 5 heteroatoms. The van der Waals surface area contributed by atoms with Gasteiger partial charge in [0, 0.05) is 23.7 Å². The predicted octanol–water partition coefficient (Wildman–Crippen LogP) is 3.95. The maximum atomic E-state index is 13.5. The average molecular weight is 308 g/mol. The number of nitrogens with one attached hydrogen (secondary N) is 1. The summed E-state index contributed by atoms with van der Waals surface area (Å²) in [6.45, 7) is 0.0564. The van der Waals surface area contributed by atoms with Crippen molar-refractivity contribution in [3.8, 4) is 0 Å². The molecule has 0 aliphatic heterocycles. The molecule has 2 nitrogen and oxygen atoms in total. The van der Waals surface area contributed by atoms with Crippen LogP contribution in [0.15, 0.2) is 48.5 Å². The van der Waals surface area contributed by atoms with E-state index in [2.05, 4.69) is 5.32 Å². The van der Waals surface area contributed by atoms with Gasteiger partial charge in [0.2, 0.25) is 5.91 Å². The highest BCUT2D eigenvalue weighted by Gasteiger charge is 2.05. The molecular weight excluding hydrogens is 296 g/mol. The zero-order valence-electron chi connectivity index (χ0n) is 10.9. The van der Waals surface area contributed by atoms with Crippen LogP contribution in [-0.4, -0.2) is 5.91 Å². The molecule has 0 atom stereocenters. The molecule has 0 aliphatic rings. The molecule has 1 N–H and O–H groups in total. The largest absolute Gasteiger partial charge is 0.348 e. The maximum Gasteiger partial charge on any atom is 0.244 e. The molecule has 0 saturated carbocycles. The monoisotopic (exact) mass is 307 g/mol. The fourth-order valence-electron chi connectivity index (χ4n) is 1.71. The third-order valence-electron chi connectivity index (χ3n) is 2.81. The van der Waals surface area contributed by atoms with E-state index in [0.29, 0.717) is 5.56 Å². The Morgan fingerprint density at radius 2 is 1.81 bits per heavy atom. The molecular formula is C16H12ClF2NO. The molecule has 1 amide bonds. The Kier molecular flexibility index (Phi) is 5.06. The summed E-state index contributed by atoms with van der Waals surface area (Å²) >= 11 is 5.83. The smallest absolute Gasteiger partial charge is 0.244 e. The quantitative estimate of drug-likeness (QED) is 0.852. The minimum atomic E-state index is -0.513. The van der Waals surface area contributed by atoms with E-state index in [9.17, 15) is 13.6 Å². The number of halogens is 3. The standard InChI is InChI=1S/C16H12ClF2NO/c17-13-5-3-7-15(19)12(13)8-9-16(21)20-10-11-4-1-2-6-14(11)18/h1-9H,10H2,(H,20,21)/b9-8+. The topological polar surface area (TPSA) is 29.1 Å². The zero-order chi connectivity index (χ0) is 15.2. The summed E-state index contributed by atoms with van der Waals surface area (Å²) in [5.74, 6) is -1.36. The molecule has 0 heterocycles. The number of hydrogen-bond acceptors (Lipinski definition) is 1. The summed E-state index contributed by atoms with van der Waals surface area (Å²) in [6.07, 6.45) is 2.44. The summed E-state index contributed by atoms with van der Waals surface area (Å²) in [6, 6.07) is 10.4. The first-order valence-electron chi connectivity index (χ1n) is 6.21. The Morgan fingerprint density at radius 3 is 2.52 bits per heavy atom. The normalized spacial score (nSPS) is 10.8. The molecule has 108 valence electrons. The summed E-state index contributed by atoms with van der Waals surface area (Å²) in [4.78, 5) is 11.6. The van der Waals surface area contributed by atoms with Gasteiger partial charge in [-0.05, 0) is 24.3 Å². The van der Waals surface area contributed by atoms with Gasteiger partial charge in [-0.3, -0.25) is 4.79 Å². The molecule has 2 aromatic carbocycles. The molecule has 2 rings (SSSR count). The second-order valence-corrected chi connectivity index (χ2v) is 4.69. The van der Waals surface area contributed by atoms with Gasteiger partial charge >= 0.3 is 0 Å². The lowest BCUT2D eigenvalue weighted by Crippen LogP contribution is -2.20. The summed E-state index contributed by atoms with van der Waals surface area (Å²) in [5, 5.41) is 2.73. The van der Waals surface area contributed by atoms with E-state index in [1.54, 1.807) is 18.2 Å². The number of benzene rings is 2. The van der Waals surface area contributed by atoms with Crippen molar-refractivity contribution in [2.24, 2.45) is 0 Å². The highest BCUT2D eigenvalue weighted by molar-refractivity contribution is 6.32. The van der Waals surface area contributed by atoms with Crippen LogP contribution in [0.25, 0.3) is 6.08 Å². The molecule has 0 bridgehead atoms. The van der Waals surface area contributed by atoms with Crippen LogP contribution in [0.1, 0.15) is 11.1 Å². The number of rotatable bonds is 4. The summed E-state index contributed by atoms with van der Waals surface area (Å²) in [5.41, 5.74) is 0.517. The van der Waals surface area contributed by atoms with Crippen LogP contribution in [0.2, 0.25) is 5.02 Å². The first-order valence-corrected chi connectivity index (χ1v) is 6.59. The highest BCUT2D eigenvalue weighted by Crippen LogP contribution is 2.20. The van der Waals surface area contributed by atoms with Crippen LogP contribution in [0.5, 0.6) is 0 Å². The molecule has 0 fully saturated rings. The number of hydrogen-bond donors (Lipinski definition) is 1. The first kappa shape index (κ1) is 15.2. The van der Waals surface area contributed by atoms with E-state index < -0.39 is 11.7 Å². The Bertz CT molecular complexity index is 665. The van der Waals surface area contributed by atoms with Crippen LogP contribution in [-0.2, 0) is 11.3 Å². The third-order valence-corrected chi connectivity index (χ3v) is 3.14. The lowest BCUT2D eigenvalue weighted by Gasteiger charge is -2.04. The number of amides is 1. The Morgan fingerprint density at radius 1 is 1.10 bits per heavy atom. The van der Waals surface area contributed by atoms with E-state index in [1.807, 2.05) is 0 Å². The second kappa shape index (κ2) is 6.99. The lowest BCUT2D eigenvalue weighted by molar-refractivity contribution is -0.116. The van der Waals surface area contributed by atoms with Gasteiger partial charge in [0.1, 0.15) is 11.6 Å². The number of carbonyl (C=O) groups excluding carboxylic acids is 1.